The third-order valence-corrected chi connectivity index (χ3v) is 5.57. The second-order valence-corrected chi connectivity index (χ2v) is 8.48. The van der Waals surface area contributed by atoms with Crippen LogP contribution in [0, 0.1) is 0 Å². The number of carbonyl (C=O) groups is 3. The summed E-state index contributed by atoms with van der Waals surface area (Å²) in [5, 5.41) is 16.3. The monoisotopic (exact) mass is 460 g/mol. The number of carbonyl (C=O) groups excluding carboxylic acids is 3. The van der Waals surface area contributed by atoms with Gasteiger partial charge in [0.1, 0.15) is 30.1 Å². The van der Waals surface area contributed by atoms with Crippen LogP contribution in [0.1, 0.15) is 24.6 Å². The normalized spacial score (nSPS) is 20.6. The van der Waals surface area contributed by atoms with Crippen molar-refractivity contribution in [3.8, 4) is 5.75 Å². The molecule has 3 heterocycles. The molecule has 11 heteroatoms. The fourth-order valence-electron chi connectivity index (χ4n) is 3.13. The zero-order valence-electron chi connectivity index (χ0n) is 18.2. The van der Waals surface area contributed by atoms with Crippen LogP contribution in [-0.4, -0.2) is 63.4 Å². The molecule has 172 valence electrons. The number of fused-ring (bicyclic) bond motifs is 13. The lowest BCUT2D eigenvalue weighted by Gasteiger charge is -2.21. The lowest BCUT2D eigenvalue weighted by molar-refractivity contribution is -0.131. The second-order valence-electron chi connectivity index (χ2n) is 7.49. The van der Waals surface area contributed by atoms with Crippen molar-refractivity contribution < 1.29 is 19.1 Å². The van der Waals surface area contributed by atoms with E-state index in [0.29, 0.717) is 36.8 Å². The third-order valence-electron chi connectivity index (χ3n) is 4.92. The van der Waals surface area contributed by atoms with Gasteiger partial charge in [-0.3, -0.25) is 14.4 Å². The summed E-state index contributed by atoms with van der Waals surface area (Å²) in [5.74, 6) is 0.383. The van der Waals surface area contributed by atoms with Crippen LogP contribution in [0.25, 0.3) is 0 Å². The summed E-state index contributed by atoms with van der Waals surface area (Å²) < 4.78 is 7.37. The second kappa shape index (κ2) is 11.5. The summed E-state index contributed by atoms with van der Waals surface area (Å²) in [6, 6.07) is 5.77. The molecule has 2 aromatic rings. The van der Waals surface area contributed by atoms with Crippen LogP contribution in [0.4, 0.5) is 0 Å². The smallest absolute Gasteiger partial charge is 0.243 e. The van der Waals surface area contributed by atoms with Gasteiger partial charge in [-0.25, -0.2) is 4.68 Å². The summed E-state index contributed by atoms with van der Waals surface area (Å²) in [6.45, 7) is 2.68. The van der Waals surface area contributed by atoms with Crippen molar-refractivity contribution in [3.05, 3.63) is 41.7 Å². The number of nitrogens with zero attached hydrogens (tertiary/aromatic N) is 3. The van der Waals surface area contributed by atoms with E-state index in [2.05, 4.69) is 26.3 Å². The molecular formula is C21H28N6O4S. The molecule has 32 heavy (non-hydrogen) atoms. The molecule has 0 saturated carbocycles. The number of hydrogen-bond donors (Lipinski definition) is 3. The van der Waals surface area contributed by atoms with Gasteiger partial charge in [-0.2, -0.15) is 11.8 Å². The van der Waals surface area contributed by atoms with Crippen molar-refractivity contribution >= 4 is 29.5 Å². The minimum Gasteiger partial charge on any atom is -0.492 e. The largest absolute Gasteiger partial charge is 0.492 e. The van der Waals surface area contributed by atoms with E-state index in [0.717, 1.165) is 5.56 Å². The molecule has 0 radical (unpaired) electrons. The Hall–Kier alpha value is -3.08. The van der Waals surface area contributed by atoms with Crippen LogP contribution in [-0.2, 0) is 33.9 Å². The highest BCUT2D eigenvalue weighted by atomic mass is 32.2. The van der Waals surface area contributed by atoms with Gasteiger partial charge >= 0.3 is 0 Å². The van der Waals surface area contributed by atoms with Gasteiger partial charge in [0, 0.05) is 0 Å². The fourth-order valence-corrected chi connectivity index (χ4v) is 3.61. The minimum absolute atomic E-state index is 0.140. The Morgan fingerprint density at radius 1 is 1.16 bits per heavy atom. The zero-order valence-corrected chi connectivity index (χ0v) is 19.0. The number of benzene rings is 1. The average molecular weight is 461 g/mol. The summed E-state index contributed by atoms with van der Waals surface area (Å²) in [4.78, 5) is 37.7. The van der Waals surface area contributed by atoms with Crippen LogP contribution in [0.5, 0.6) is 5.75 Å². The van der Waals surface area contributed by atoms with E-state index in [-0.39, 0.29) is 30.7 Å². The first-order chi connectivity index (χ1) is 15.4. The molecule has 0 spiro atoms. The van der Waals surface area contributed by atoms with Crippen molar-refractivity contribution in [2.45, 2.75) is 44.9 Å². The molecule has 0 aliphatic carbocycles. The first-order valence-corrected chi connectivity index (χ1v) is 11.8. The molecule has 0 unspecified atom stereocenters. The van der Waals surface area contributed by atoms with Gasteiger partial charge in [0.05, 0.1) is 25.7 Å². The van der Waals surface area contributed by atoms with Crippen LogP contribution < -0.4 is 20.7 Å². The van der Waals surface area contributed by atoms with E-state index in [9.17, 15) is 14.4 Å². The van der Waals surface area contributed by atoms with Gasteiger partial charge in [0.25, 0.3) is 0 Å². The highest BCUT2D eigenvalue weighted by Crippen LogP contribution is 2.13. The average Bonchev–Trinajstić information content (AvgIpc) is 3.23. The van der Waals surface area contributed by atoms with Crippen LogP contribution in [0.15, 0.2) is 30.5 Å². The van der Waals surface area contributed by atoms with Gasteiger partial charge in [-0.1, -0.05) is 17.3 Å². The Morgan fingerprint density at radius 3 is 2.69 bits per heavy atom. The summed E-state index contributed by atoms with van der Waals surface area (Å²) in [5.41, 5.74) is 1.41. The molecule has 4 rings (SSSR count). The number of thioether (sulfide) groups is 1. The molecule has 1 aromatic heterocycles. The molecule has 4 bridgehead atoms. The maximum absolute atomic E-state index is 12.8. The number of rotatable bonds is 3. The Labute approximate surface area is 190 Å². The maximum atomic E-state index is 12.8. The molecule has 2 atom stereocenters. The maximum Gasteiger partial charge on any atom is 0.243 e. The molecular weight excluding hydrogens is 432 g/mol. The first-order valence-electron chi connectivity index (χ1n) is 10.4. The topological polar surface area (TPSA) is 127 Å². The van der Waals surface area contributed by atoms with Gasteiger partial charge in [0.15, 0.2) is 0 Å². The highest BCUT2D eigenvalue weighted by molar-refractivity contribution is 7.98. The van der Waals surface area contributed by atoms with Crippen LogP contribution >= 0.6 is 11.8 Å². The molecule has 1 aromatic carbocycles. The van der Waals surface area contributed by atoms with Crippen molar-refractivity contribution in [2.24, 2.45) is 0 Å². The molecule has 0 saturated heterocycles. The molecule has 3 amide bonds. The number of ether oxygens (including phenoxy) is 1. The van der Waals surface area contributed by atoms with Crippen LogP contribution in [0.2, 0.25) is 0 Å². The lowest BCUT2D eigenvalue weighted by Crippen LogP contribution is -2.53. The number of hydrogen-bond acceptors (Lipinski definition) is 7. The quantitative estimate of drug-likeness (QED) is 0.561. The Balaban J connectivity index is 1.76. The van der Waals surface area contributed by atoms with Crippen LogP contribution in [0.3, 0.4) is 0 Å². The molecule has 2 aliphatic heterocycles. The Bertz CT molecular complexity index is 933. The van der Waals surface area contributed by atoms with E-state index in [1.54, 1.807) is 29.6 Å². The predicted molar refractivity (Wildman–Crippen MR) is 120 cm³/mol. The van der Waals surface area contributed by atoms with E-state index in [4.69, 9.17) is 4.74 Å². The van der Waals surface area contributed by atoms with Gasteiger partial charge < -0.3 is 20.7 Å². The van der Waals surface area contributed by atoms with E-state index < -0.39 is 12.1 Å². The SMILES string of the molecule is CSCC[C@H]1NC(=O)Cc2ccc(cc2)OCCn2cc(nn2)CNC(=O)[C@@H](C)NC1=O. The van der Waals surface area contributed by atoms with Gasteiger partial charge in [-0.05, 0) is 43.0 Å². The number of nitrogens with one attached hydrogen (secondary N) is 3. The van der Waals surface area contributed by atoms with E-state index in [1.165, 1.54) is 0 Å². The first kappa shape index (κ1) is 23.6. The molecule has 10 nitrogen and oxygen atoms in total. The Morgan fingerprint density at radius 2 is 1.94 bits per heavy atom. The van der Waals surface area contributed by atoms with Crippen molar-refractivity contribution in [1.29, 1.82) is 0 Å². The van der Waals surface area contributed by atoms with Gasteiger partial charge in [0.2, 0.25) is 17.7 Å². The molecule has 3 N–H and O–H groups in total. The summed E-state index contributed by atoms with van der Waals surface area (Å²) in [6.07, 6.45) is 4.27. The number of aromatic nitrogens is 3. The predicted octanol–water partition coefficient (Wildman–Crippen LogP) is 0.272. The molecule has 0 fully saturated rings. The standard InChI is InChI=1S/C21H28N6O4S/c1-14-20(29)22-12-16-13-27(26-25-16)8-9-31-17-5-3-15(4-6-17)11-19(28)24-18(7-10-32-2)21(30)23-14/h3-6,13-14,18H,7-12H2,1-2H3,(H,22,29)(H,23,30)(H,24,28)/t14-,18-/m1/s1. The zero-order chi connectivity index (χ0) is 22.9. The highest BCUT2D eigenvalue weighted by Gasteiger charge is 2.24. The van der Waals surface area contributed by atoms with E-state index >= 15 is 0 Å². The lowest BCUT2D eigenvalue weighted by atomic mass is 10.1. The van der Waals surface area contributed by atoms with Crippen molar-refractivity contribution in [2.75, 3.05) is 18.6 Å². The summed E-state index contributed by atoms with van der Waals surface area (Å²) >= 11 is 1.58. The Kier molecular flexibility index (Phi) is 8.48. The van der Waals surface area contributed by atoms with E-state index in [1.807, 2.05) is 30.5 Å². The minimum atomic E-state index is -0.766. The number of amides is 3. The third kappa shape index (κ3) is 6.98. The summed E-state index contributed by atoms with van der Waals surface area (Å²) in [7, 11) is 0. The molecule has 2 aliphatic rings. The van der Waals surface area contributed by atoms with Crippen molar-refractivity contribution in [1.82, 2.24) is 30.9 Å². The fraction of sp³-hybridized carbons (Fsp3) is 0.476. The van der Waals surface area contributed by atoms with Crippen molar-refractivity contribution in [3.63, 3.8) is 0 Å². The van der Waals surface area contributed by atoms with Gasteiger partial charge in [-0.15, -0.1) is 5.10 Å².